The molecular formula is C23H28N2O4. The van der Waals surface area contributed by atoms with Crippen LogP contribution in [-0.2, 0) is 11.3 Å². The molecule has 0 saturated carbocycles. The van der Waals surface area contributed by atoms with Gasteiger partial charge in [-0.25, -0.2) is 0 Å². The molecular weight excluding hydrogens is 368 g/mol. The van der Waals surface area contributed by atoms with Gasteiger partial charge in [0.15, 0.2) is 11.5 Å². The number of methoxy groups -OCH3 is 3. The van der Waals surface area contributed by atoms with Crippen LogP contribution in [0, 0.1) is 0 Å². The van der Waals surface area contributed by atoms with E-state index in [1.807, 2.05) is 53.4 Å². The van der Waals surface area contributed by atoms with Crippen molar-refractivity contribution in [2.24, 2.45) is 0 Å². The van der Waals surface area contributed by atoms with Crippen molar-refractivity contribution in [3.05, 3.63) is 59.7 Å². The third kappa shape index (κ3) is 5.09. The van der Waals surface area contributed by atoms with E-state index in [1.54, 1.807) is 27.4 Å². The van der Waals surface area contributed by atoms with Crippen LogP contribution in [0.1, 0.15) is 11.1 Å². The number of carbonyl (C=O) groups is 1. The summed E-state index contributed by atoms with van der Waals surface area (Å²) in [5, 5.41) is 0. The Hall–Kier alpha value is -2.99. The lowest BCUT2D eigenvalue weighted by atomic mass is 10.1. The zero-order valence-corrected chi connectivity index (χ0v) is 17.3. The van der Waals surface area contributed by atoms with Gasteiger partial charge in [-0.05, 0) is 17.7 Å². The van der Waals surface area contributed by atoms with Crippen LogP contribution in [0.3, 0.4) is 0 Å². The number of piperazine rings is 1. The molecule has 0 bridgehead atoms. The number of nitrogens with zero attached hydrogens (tertiary/aromatic N) is 2. The van der Waals surface area contributed by atoms with Gasteiger partial charge in [0.25, 0.3) is 0 Å². The molecule has 0 atom stereocenters. The number of hydrogen-bond acceptors (Lipinski definition) is 5. The average molecular weight is 396 g/mol. The summed E-state index contributed by atoms with van der Waals surface area (Å²) < 4.78 is 16.4. The summed E-state index contributed by atoms with van der Waals surface area (Å²) in [6.07, 6.45) is 3.52. The standard InChI is InChI=1S/C23H28N2O4/c1-27-20-11-10-19(22(28-2)23(20)29-3)17-24-13-15-25(16-14-24)21(26)12-9-18-7-5-4-6-8-18/h4-12H,13-17H2,1-3H3/b12-9+. The zero-order chi connectivity index (χ0) is 20.6. The van der Waals surface area contributed by atoms with Crippen LogP contribution in [0.15, 0.2) is 48.5 Å². The van der Waals surface area contributed by atoms with Gasteiger partial charge in [-0.1, -0.05) is 36.4 Å². The predicted molar refractivity (Wildman–Crippen MR) is 113 cm³/mol. The number of rotatable bonds is 7. The number of benzene rings is 2. The highest BCUT2D eigenvalue weighted by molar-refractivity contribution is 5.91. The third-order valence-corrected chi connectivity index (χ3v) is 5.08. The molecule has 1 amide bonds. The maximum Gasteiger partial charge on any atom is 0.246 e. The van der Waals surface area contributed by atoms with Crippen molar-refractivity contribution in [2.45, 2.75) is 6.54 Å². The molecule has 1 heterocycles. The van der Waals surface area contributed by atoms with E-state index in [0.717, 1.165) is 30.8 Å². The summed E-state index contributed by atoms with van der Waals surface area (Å²) >= 11 is 0. The molecule has 29 heavy (non-hydrogen) atoms. The monoisotopic (exact) mass is 396 g/mol. The first kappa shape index (κ1) is 20.7. The van der Waals surface area contributed by atoms with Gasteiger partial charge in [-0.3, -0.25) is 9.69 Å². The highest BCUT2D eigenvalue weighted by Crippen LogP contribution is 2.40. The molecule has 6 nitrogen and oxygen atoms in total. The van der Waals surface area contributed by atoms with E-state index in [-0.39, 0.29) is 5.91 Å². The van der Waals surface area contributed by atoms with Crippen LogP contribution >= 0.6 is 0 Å². The number of hydrogen-bond donors (Lipinski definition) is 0. The van der Waals surface area contributed by atoms with E-state index in [4.69, 9.17) is 14.2 Å². The SMILES string of the molecule is COc1ccc(CN2CCN(C(=O)/C=C/c3ccccc3)CC2)c(OC)c1OC. The number of carbonyl (C=O) groups excluding carboxylic acids is 1. The fourth-order valence-electron chi connectivity index (χ4n) is 3.49. The lowest BCUT2D eigenvalue weighted by molar-refractivity contribution is -0.127. The topological polar surface area (TPSA) is 51.2 Å². The highest BCUT2D eigenvalue weighted by atomic mass is 16.5. The molecule has 0 aromatic heterocycles. The average Bonchev–Trinajstić information content (AvgIpc) is 2.78. The second-order valence-electron chi connectivity index (χ2n) is 6.84. The minimum atomic E-state index is 0.0530. The highest BCUT2D eigenvalue weighted by Gasteiger charge is 2.22. The first-order valence-corrected chi connectivity index (χ1v) is 9.68. The minimum Gasteiger partial charge on any atom is -0.493 e. The van der Waals surface area contributed by atoms with Crippen molar-refractivity contribution in [1.82, 2.24) is 9.80 Å². The van der Waals surface area contributed by atoms with E-state index < -0.39 is 0 Å². The van der Waals surface area contributed by atoms with Crippen molar-refractivity contribution >= 4 is 12.0 Å². The van der Waals surface area contributed by atoms with E-state index >= 15 is 0 Å². The van der Waals surface area contributed by atoms with Gasteiger partial charge in [0.2, 0.25) is 11.7 Å². The normalized spacial score (nSPS) is 14.8. The lowest BCUT2D eigenvalue weighted by Crippen LogP contribution is -2.47. The molecule has 1 aliphatic rings. The molecule has 1 saturated heterocycles. The second-order valence-corrected chi connectivity index (χ2v) is 6.84. The Balaban J connectivity index is 1.59. The third-order valence-electron chi connectivity index (χ3n) is 5.08. The summed E-state index contributed by atoms with van der Waals surface area (Å²) in [6, 6.07) is 13.8. The molecule has 0 spiro atoms. The van der Waals surface area contributed by atoms with Crippen LogP contribution in [0.25, 0.3) is 6.08 Å². The van der Waals surface area contributed by atoms with Crippen molar-refractivity contribution in [3.8, 4) is 17.2 Å². The lowest BCUT2D eigenvalue weighted by Gasteiger charge is -2.34. The quantitative estimate of drug-likeness (QED) is 0.674. The Bertz CT molecular complexity index is 843. The van der Waals surface area contributed by atoms with Crippen LogP contribution in [0.5, 0.6) is 17.2 Å². The Kier molecular flexibility index (Phi) is 7.14. The number of ether oxygens (including phenoxy) is 3. The summed E-state index contributed by atoms with van der Waals surface area (Å²) in [6.45, 7) is 3.75. The maximum absolute atomic E-state index is 12.5. The van der Waals surface area contributed by atoms with Gasteiger partial charge in [0, 0.05) is 44.4 Å². The smallest absolute Gasteiger partial charge is 0.246 e. The minimum absolute atomic E-state index is 0.0530. The molecule has 1 fully saturated rings. The van der Waals surface area contributed by atoms with E-state index in [2.05, 4.69) is 4.90 Å². The van der Waals surface area contributed by atoms with E-state index in [1.165, 1.54) is 0 Å². The van der Waals surface area contributed by atoms with Crippen LogP contribution in [-0.4, -0.2) is 63.2 Å². The molecule has 2 aromatic carbocycles. The van der Waals surface area contributed by atoms with Gasteiger partial charge < -0.3 is 19.1 Å². The van der Waals surface area contributed by atoms with Crippen LogP contribution in [0.4, 0.5) is 0 Å². The number of amides is 1. The Morgan fingerprint density at radius 1 is 0.897 bits per heavy atom. The van der Waals surface area contributed by atoms with Crippen LogP contribution < -0.4 is 14.2 Å². The largest absolute Gasteiger partial charge is 0.493 e. The molecule has 1 aliphatic heterocycles. The van der Waals surface area contributed by atoms with E-state index in [9.17, 15) is 4.79 Å². The van der Waals surface area contributed by atoms with Gasteiger partial charge in [0.1, 0.15) is 0 Å². The molecule has 0 unspecified atom stereocenters. The van der Waals surface area contributed by atoms with Gasteiger partial charge in [0.05, 0.1) is 21.3 Å². The van der Waals surface area contributed by atoms with Crippen molar-refractivity contribution < 1.29 is 19.0 Å². The molecule has 3 rings (SSSR count). The van der Waals surface area contributed by atoms with Crippen LogP contribution in [0.2, 0.25) is 0 Å². The van der Waals surface area contributed by atoms with Gasteiger partial charge >= 0.3 is 0 Å². The predicted octanol–water partition coefficient (Wildman–Crippen LogP) is 3.07. The molecule has 0 N–H and O–H groups in total. The Morgan fingerprint density at radius 3 is 2.21 bits per heavy atom. The first-order valence-electron chi connectivity index (χ1n) is 9.68. The Labute approximate surface area is 172 Å². The summed E-state index contributed by atoms with van der Waals surface area (Å²) in [5.41, 5.74) is 2.06. The van der Waals surface area contributed by atoms with Gasteiger partial charge in [-0.2, -0.15) is 0 Å². The van der Waals surface area contributed by atoms with Crippen molar-refractivity contribution in [1.29, 1.82) is 0 Å². The maximum atomic E-state index is 12.5. The first-order chi connectivity index (χ1) is 14.2. The van der Waals surface area contributed by atoms with Crippen molar-refractivity contribution in [3.63, 3.8) is 0 Å². The Morgan fingerprint density at radius 2 is 1.59 bits per heavy atom. The van der Waals surface area contributed by atoms with Gasteiger partial charge in [-0.15, -0.1) is 0 Å². The summed E-state index contributed by atoms with van der Waals surface area (Å²) in [4.78, 5) is 16.7. The summed E-state index contributed by atoms with van der Waals surface area (Å²) in [7, 11) is 4.85. The molecule has 0 aliphatic carbocycles. The molecule has 0 radical (unpaired) electrons. The molecule has 6 heteroatoms. The fourth-order valence-corrected chi connectivity index (χ4v) is 3.49. The second kappa shape index (κ2) is 9.98. The van der Waals surface area contributed by atoms with E-state index in [0.29, 0.717) is 30.3 Å². The molecule has 2 aromatic rings. The zero-order valence-electron chi connectivity index (χ0n) is 17.3. The molecule has 154 valence electrons. The summed E-state index contributed by atoms with van der Waals surface area (Å²) in [5.74, 6) is 1.99. The van der Waals surface area contributed by atoms with Crippen molar-refractivity contribution in [2.75, 3.05) is 47.5 Å². The fraction of sp³-hybridized carbons (Fsp3) is 0.348.